The van der Waals surface area contributed by atoms with E-state index in [4.69, 9.17) is 5.11 Å². The SMILES string of the molecule is O=C(O)[C@H]1CC[C@@H](C(=O)N2CC(O)(C3CC3)C2)C1. The monoisotopic (exact) mass is 253 g/mol. The Hall–Kier alpha value is -1.10. The first-order chi connectivity index (χ1) is 8.49. The molecule has 5 nitrogen and oxygen atoms in total. The highest BCUT2D eigenvalue weighted by atomic mass is 16.4. The molecule has 3 aliphatic rings. The van der Waals surface area contributed by atoms with Gasteiger partial charge in [-0.05, 0) is 38.0 Å². The number of carbonyl (C=O) groups is 2. The van der Waals surface area contributed by atoms with Gasteiger partial charge in [-0.25, -0.2) is 0 Å². The van der Waals surface area contributed by atoms with Gasteiger partial charge in [0.2, 0.25) is 5.91 Å². The van der Waals surface area contributed by atoms with Crippen LogP contribution in [0.2, 0.25) is 0 Å². The number of aliphatic carboxylic acids is 1. The molecule has 2 saturated carbocycles. The maximum absolute atomic E-state index is 12.1. The van der Waals surface area contributed by atoms with Crippen molar-refractivity contribution in [2.24, 2.45) is 17.8 Å². The van der Waals surface area contributed by atoms with Crippen LogP contribution in [0.15, 0.2) is 0 Å². The lowest BCUT2D eigenvalue weighted by Gasteiger charge is -2.47. The van der Waals surface area contributed by atoms with Gasteiger partial charge in [0.15, 0.2) is 0 Å². The largest absolute Gasteiger partial charge is 0.481 e. The predicted molar refractivity (Wildman–Crippen MR) is 62.7 cm³/mol. The summed E-state index contributed by atoms with van der Waals surface area (Å²) < 4.78 is 0. The highest BCUT2D eigenvalue weighted by Crippen LogP contribution is 2.45. The zero-order valence-electron chi connectivity index (χ0n) is 10.3. The number of amides is 1. The summed E-state index contributed by atoms with van der Waals surface area (Å²) in [5.74, 6) is -0.859. The maximum Gasteiger partial charge on any atom is 0.306 e. The molecule has 0 radical (unpaired) electrons. The van der Waals surface area contributed by atoms with Gasteiger partial charge in [-0.1, -0.05) is 0 Å². The Labute approximate surface area is 106 Å². The Kier molecular flexibility index (Phi) is 2.62. The van der Waals surface area contributed by atoms with Crippen LogP contribution < -0.4 is 0 Å². The van der Waals surface area contributed by atoms with Gasteiger partial charge in [0.05, 0.1) is 19.0 Å². The van der Waals surface area contributed by atoms with Gasteiger partial charge in [0.25, 0.3) is 0 Å². The summed E-state index contributed by atoms with van der Waals surface area (Å²) in [4.78, 5) is 24.7. The van der Waals surface area contributed by atoms with Crippen molar-refractivity contribution in [1.29, 1.82) is 0 Å². The maximum atomic E-state index is 12.1. The molecule has 0 aromatic heterocycles. The number of carboxylic acid groups (broad SMARTS) is 1. The number of β-amino-alcohol motifs (C(OH)–C–C–N with tert-alkyl or cyclic N) is 1. The van der Waals surface area contributed by atoms with Crippen molar-refractivity contribution in [1.82, 2.24) is 4.90 Å². The van der Waals surface area contributed by atoms with Gasteiger partial charge in [-0.2, -0.15) is 0 Å². The summed E-state index contributed by atoms with van der Waals surface area (Å²) >= 11 is 0. The summed E-state index contributed by atoms with van der Waals surface area (Å²) in [6.45, 7) is 0.898. The topological polar surface area (TPSA) is 77.8 Å². The number of aliphatic hydroxyl groups is 1. The first-order valence-corrected chi connectivity index (χ1v) is 6.73. The molecule has 0 bridgehead atoms. The minimum absolute atomic E-state index is 0.0454. The third-order valence-corrected chi connectivity index (χ3v) is 4.71. The van der Waals surface area contributed by atoms with Gasteiger partial charge < -0.3 is 15.1 Å². The lowest BCUT2D eigenvalue weighted by molar-refractivity contribution is -0.163. The summed E-state index contributed by atoms with van der Waals surface area (Å²) in [5, 5.41) is 19.1. The Morgan fingerprint density at radius 1 is 1.06 bits per heavy atom. The van der Waals surface area contributed by atoms with Crippen molar-refractivity contribution < 1.29 is 19.8 Å². The highest BCUT2D eigenvalue weighted by molar-refractivity contribution is 5.82. The third kappa shape index (κ3) is 1.90. The molecule has 3 fully saturated rings. The molecule has 1 amide bonds. The first-order valence-electron chi connectivity index (χ1n) is 6.73. The molecular formula is C13H19NO4. The average Bonchev–Trinajstić information content (AvgIpc) is 3.01. The quantitative estimate of drug-likeness (QED) is 0.766. The van der Waals surface area contributed by atoms with E-state index < -0.39 is 11.6 Å². The van der Waals surface area contributed by atoms with Crippen LogP contribution in [0, 0.1) is 17.8 Å². The molecule has 0 unspecified atom stereocenters. The van der Waals surface area contributed by atoms with E-state index in [9.17, 15) is 14.7 Å². The van der Waals surface area contributed by atoms with Crippen LogP contribution in [0.3, 0.4) is 0 Å². The average molecular weight is 253 g/mol. The van der Waals surface area contributed by atoms with Crippen molar-refractivity contribution >= 4 is 11.9 Å². The molecule has 1 heterocycles. The minimum Gasteiger partial charge on any atom is -0.481 e. The van der Waals surface area contributed by atoms with E-state index in [1.165, 1.54) is 0 Å². The van der Waals surface area contributed by atoms with Crippen LogP contribution in [-0.2, 0) is 9.59 Å². The van der Waals surface area contributed by atoms with Crippen molar-refractivity contribution in [2.75, 3.05) is 13.1 Å². The van der Waals surface area contributed by atoms with Crippen LogP contribution in [0.4, 0.5) is 0 Å². The molecule has 2 aliphatic carbocycles. The van der Waals surface area contributed by atoms with E-state index in [1.807, 2.05) is 0 Å². The van der Waals surface area contributed by atoms with E-state index in [0.29, 0.717) is 38.3 Å². The van der Waals surface area contributed by atoms with Crippen LogP contribution in [0.5, 0.6) is 0 Å². The second-order valence-corrected chi connectivity index (χ2v) is 6.12. The fourth-order valence-corrected chi connectivity index (χ4v) is 3.34. The zero-order valence-corrected chi connectivity index (χ0v) is 10.3. The van der Waals surface area contributed by atoms with Crippen molar-refractivity contribution in [3.8, 4) is 0 Å². The van der Waals surface area contributed by atoms with E-state index in [2.05, 4.69) is 0 Å². The Balaban J connectivity index is 1.53. The van der Waals surface area contributed by atoms with Gasteiger partial charge in [-0.3, -0.25) is 9.59 Å². The summed E-state index contributed by atoms with van der Waals surface area (Å²) in [5.41, 5.74) is -0.638. The molecule has 100 valence electrons. The smallest absolute Gasteiger partial charge is 0.306 e. The number of carbonyl (C=O) groups excluding carboxylic acids is 1. The summed E-state index contributed by atoms with van der Waals surface area (Å²) in [6.07, 6.45) is 3.89. The molecule has 0 aromatic rings. The van der Waals surface area contributed by atoms with Crippen LogP contribution in [-0.4, -0.2) is 45.7 Å². The molecule has 5 heteroatoms. The molecular weight excluding hydrogens is 234 g/mol. The molecule has 18 heavy (non-hydrogen) atoms. The van der Waals surface area contributed by atoms with Gasteiger partial charge in [-0.15, -0.1) is 0 Å². The normalized spacial score (nSPS) is 34.2. The third-order valence-electron chi connectivity index (χ3n) is 4.71. The van der Waals surface area contributed by atoms with Gasteiger partial charge >= 0.3 is 5.97 Å². The van der Waals surface area contributed by atoms with E-state index in [0.717, 1.165) is 12.8 Å². The van der Waals surface area contributed by atoms with E-state index >= 15 is 0 Å². The standard InChI is InChI=1S/C13H19NO4/c15-11(8-1-2-9(5-8)12(16)17)14-6-13(18,7-14)10-3-4-10/h8-10,18H,1-7H2,(H,16,17)/t8-,9+/m1/s1. The zero-order chi connectivity index (χ0) is 12.9. The lowest BCUT2D eigenvalue weighted by atomic mass is 9.87. The number of nitrogens with zero attached hydrogens (tertiary/aromatic N) is 1. The fraction of sp³-hybridized carbons (Fsp3) is 0.846. The van der Waals surface area contributed by atoms with Crippen molar-refractivity contribution in [2.45, 2.75) is 37.7 Å². The summed E-state index contributed by atoms with van der Waals surface area (Å²) in [7, 11) is 0. The Morgan fingerprint density at radius 2 is 1.67 bits per heavy atom. The van der Waals surface area contributed by atoms with Gasteiger partial charge in [0.1, 0.15) is 5.60 Å². The fourth-order valence-electron chi connectivity index (χ4n) is 3.34. The highest BCUT2D eigenvalue weighted by Gasteiger charge is 2.54. The minimum atomic E-state index is -0.789. The number of hydrogen-bond donors (Lipinski definition) is 2. The van der Waals surface area contributed by atoms with E-state index in [-0.39, 0.29) is 17.7 Å². The van der Waals surface area contributed by atoms with Crippen molar-refractivity contribution in [3.05, 3.63) is 0 Å². The summed E-state index contributed by atoms with van der Waals surface area (Å²) in [6, 6.07) is 0. The molecule has 1 aliphatic heterocycles. The molecule has 2 N–H and O–H groups in total. The molecule has 0 spiro atoms. The number of likely N-dealkylation sites (tertiary alicyclic amines) is 1. The molecule has 0 aromatic carbocycles. The van der Waals surface area contributed by atoms with Crippen molar-refractivity contribution in [3.63, 3.8) is 0 Å². The van der Waals surface area contributed by atoms with Crippen LogP contribution in [0.25, 0.3) is 0 Å². The molecule has 2 atom stereocenters. The second kappa shape index (κ2) is 3.95. The van der Waals surface area contributed by atoms with Gasteiger partial charge in [0, 0.05) is 5.92 Å². The number of hydrogen-bond acceptors (Lipinski definition) is 3. The van der Waals surface area contributed by atoms with Crippen LogP contribution in [0.1, 0.15) is 32.1 Å². The van der Waals surface area contributed by atoms with E-state index in [1.54, 1.807) is 4.90 Å². The molecule has 1 saturated heterocycles. The Morgan fingerprint density at radius 3 is 2.17 bits per heavy atom. The Bertz CT molecular complexity index is 384. The first kappa shape index (κ1) is 12.0. The van der Waals surface area contributed by atoms with Crippen LogP contribution >= 0.6 is 0 Å². The molecule has 3 rings (SSSR count). The lowest BCUT2D eigenvalue weighted by Crippen LogP contribution is -2.65. The number of rotatable bonds is 3. The number of carboxylic acids is 1. The predicted octanol–water partition coefficient (Wildman–Crippen LogP) is 0.471. The second-order valence-electron chi connectivity index (χ2n) is 6.12.